The second-order valence-electron chi connectivity index (χ2n) is 9.50. The van der Waals surface area contributed by atoms with E-state index in [1.54, 1.807) is 30.3 Å². The monoisotopic (exact) mass is 486 g/mol. The van der Waals surface area contributed by atoms with Gasteiger partial charge in [0.25, 0.3) is 0 Å². The number of rotatable bonds is 15. The molecular weight excluding hydrogens is 448 g/mol. The van der Waals surface area contributed by atoms with Crippen LogP contribution in [0, 0.1) is 5.92 Å². The number of benzene rings is 3. The van der Waals surface area contributed by atoms with Gasteiger partial charge in [-0.1, -0.05) is 68.0 Å². The average Bonchev–Trinajstić information content (AvgIpc) is 2.89. The summed E-state index contributed by atoms with van der Waals surface area (Å²) >= 11 is 0. The van der Waals surface area contributed by atoms with E-state index in [1.807, 2.05) is 24.3 Å². The molecular formula is C32H38O4. The highest BCUT2D eigenvalue weighted by Crippen LogP contribution is 2.27. The lowest BCUT2D eigenvalue weighted by Crippen LogP contribution is -2.02. The Hall–Kier alpha value is -3.53. The molecule has 4 heteroatoms. The number of ether oxygens (including phenoxy) is 1. The maximum atomic E-state index is 12.3. The summed E-state index contributed by atoms with van der Waals surface area (Å²) in [5.41, 5.74) is 3.40. The molecule has 0 aliphatic carbocycles. The van der Waals surface area contributed by atoms with Crippen LogP contribution in [0.3, 0.4) is 0 Å². The molecule has 0 bridgehead atoms. The van der Waals surface area contributed by atoms with Gasteiger partial charge < -0.3 is 14.9 Å². The van der Waals surface area contributed by atoms with E-state index in [4.69, 9.17) is 4.74 Å². The molecule has 3 rings (SSSR count). The van der Waals surface area contributed by atoms with E-state index >= 15 is 0 Å². The van der Waals surface area contributed by atoms with Crippen molar-refractivity contribution in [3.05, 3.63) is 102 Å². The smallest absolute Gasteiger partial charge is 0.161 e. The highest BCUT2D eigenvalue weighted by atomic mass is 16.5. The van der Waals surface area contributed by atoms with Crippen LogP contribution >= 0.6 is 0 Å². The van der Waals surface area contributed by atoms with Crippen molar-refractivity contribution in [1.29, 1.82) is 0 Å². The van der Waals surface area contributed by atoms with Gasteiger partial charge in [0, 0.05) is 12.8 Å². The summed E-state index contributed by atoms with van der Waals surface area (Å²) in [7, 11) is 0. The van der Waals surface area contributed by atoms with E-state index in [0.717, 1.165) is 30.4 Å². The average molecular weight is 487 g/mol. The van der Waals surface area contributed by atoms with Crippen LogP contribution < -0.4 is 4.74 Å². The van der Waals surface area contributed by atoms with Crippen LogP contribution in [0.15, 0.2) is 84.9 Å². The third kappa shape index (κ3) is 9.99. The molecule has 0 saturated heterocycles. The molecule has 0 amide bonds. The molecule has 1 atom stereocenters. The number of hydrogen-bond acceptors (Lipinski definition) is 4. The molecule has 2 N–H and O–H groups in total. The number of ketones is 1. The summed E-state index contributed by atoms with van der Waals surface area (Å²) in [6.07, 6.45) is 10.9. The van der Waals surface area contributed by atoms with Crippen molar-refractivity contribution in [2.24, 2.45) is 5.92 Å². The highest BCUT2D eigenvalue weighted by molar-refractivity contribution is 5.89. The van der Waals surface area contributed by atoms with Gasteiger partial charge in [0.05, 0.1) is 6.61 Å². The second kappa shape index (κ2) is 14.8. The van der Waals surface area contributed by atoms with Crippen LogP contribution in [0.1, 0.15) is 55.7 Å². The molecule has 3 aromatic rings. The Labute approximate surface area is 215 Å². The minimum absolute atomic E-state index is 0.0914. The van der Waals surface area contributed by atoms with Crippen LogP contribution in [0.4, 0.5) is 0 Å². The fourth-order valence-electron chi connectivity index (χ4n) is 4.12. The van der Waals surface area contributed by atoms with Gasteiger partial charge in [-0.25, -0.2) is 0 Å². The SMILES string of the molecule is C[C@H](CCC/C=C/C(=O)CCc1ccc(O)c(OCCc2ccc(O)cc2)c1)CCc1ccccc1. The molecule has 0 aliphatic rings. The maximum absolute atomic E-state index is 12.3. The number of aryl methyl sites for hydroxylation is 2. The van der Waals surface area contributed by atoms with E-state index in [-0.39, 0.29) is 17.3 Å². The lowest BCUT2D eigenvalue weighted by molar-refractivity contribution is -0.114. The third-order valence-corrected chi connectivity index (χ3v) is 6.41. The second-order valence-corrected chi connectivity index (χ2v) is 9.50. The van der Waals surface area contributed by atoms with Crippen LogP contribution in [0.2, 0.25) is 0 Å². The molecule has 0 aliphatic heterocycles. The van der Waals surface area contributed by atoms with Crippen LogP contribution in [-0.2, 0) is 24.1 Å². The van der Waals surface area contributed by atoms with Crippen LogP contribution in [-0.4, -0.2) is 22.6 Å². The van der Waals surface area contributed by atoms with Crippen molar-refractivity contribution >= 4 is 5.78 Å². The van der Waals surface area contributed by atoms with E-state index in [9.17, 15) is 15.0 Å². The molecule has 4 nitrogen and oxygen atoms in total. The first kappa shape index (κ1) is 27.1. The number of phenolic OH excluding ortho intramolecular Hbond substituents is 2. The number of unbranched alkanes of at least 4 members (excludes halogenated alkanes) is 1. The molecule has 0 aromatic heterocycles. The number of allylic oxidation sites excluding steroid dienone is 2. The molecule has 0 radical (unpaired) electrons. The van der Waals surface area contributed by atoms with Gasteiger partial charge in [-0.3, -0.25) is 4.79 Å². The molecule has 190 valence electrons. The third-order valence-electron chi connectivity index (χ3n) is 6.41. The number of aromatic hydroxyl groups is 2. The van der Waals surface area contributed by atoms with Gasteiger partial charge >= 0.3 is 0 Å². The van der Waals surface area contributed by atoms with Crippen LogP contribution in [0.25, 0.3) is 0 Å². The van der Waals surface area contributed by atoms with Crippen molar-refractivity contribution in [3.63, 3.8) is 0 Å². The molecule has 0 fully saturated rings. The zero-order valence-electron chi connectivity index (χ0n) is 21.2. The first-order valence-corrected chi connectivity index (χ1v) is 13.0. The van der Waals surface area contributed by atoms with Gasteiger partial charge in [-0.2, -0.15) is 0 Å². The molecule has 0 saturated carbocycles. The Morgan fingerprint density at radius 1 is 0.861 bits per heavy atom. The molecule has 3 aromatic carbocycles. The quantitative estimate of drug-likeness (QED) is 0.176. The van der Waals surface area contributed by atoms with E-state index in [2.05, 4.69) is 37.3 Å². The summed E-state index contributed by atoms with van der Waals surface area (Å²) in [4.78, 5) is 12.3. The lowest BCUT2D eigenvalue weighted by atomic mass is 9.96. The molecule has 0 unspecified atom stereocenters. The summed E-state index contributed by atoms with van der Waals surface area (Å²) in [5.74, 6) is 1.55. The molecule has 0 heterocycles. The summed E-state index contributed by atoms with van der Waals surface area (Å²) in [5, 5.41) is 19.5. The first-order valence-electron chi connectivity index (χ1n) is 13.0. The number of phenols is 2. The van der Waals surface area contributed by atoms with E-state index < -0.39 is 0 Å². The largest absolute Gasteiger partial charge is 0.508 e. The molecule has 0 spiro atoms. The van der Waals surface area contributed by atoms with Crippen LogP contribution in [0.5, 0.6) is 17.2 Å². The maximum Gasteiger partial charge on any atom is 0.161 e. The Bertz CT molecular complexity index is 1090. The normalized spacial score (nSPS) is 12.0. The van der Waals surface area contributed by atoms with Gasteiger partial charge in [0.1, 0.15) is 5.75 Å². The predicted molar refractivity (Wildman–Crippen MR) is 146 cm³/mol. The van der Waals surface area contributed by atoms with Gasteiger partial charge in [-0.05, 0) is 85.1 Å². The lowest BCUT2D eigenvalue weighted by Gasteiger charge is -2.10. The Balaban J connectivity index is 1.32. The first-order chi connectivity index (χ1) is 17.5. The minimum Gasteiger partial charge on any atom is -0.508 e. The number of carbonyl (C=O) groups excluding carboxylic acids is 1. The number of hydrogen-bond donors (Lipinski definition) is 2. The fraction of sp³-hybridized carbons (Fsp3) is 0.344. The number of carbonyl (C=O) groups is 1. The fourth-order valence-corrected chi connectivity index (χ4v) is 4.12. The Morgan fingerprint density at radius 2 is 1.58 bits per heavy atom. The van der Waals surface area contributed by atoms with Gasteiger partial charge in [-0.15, -0.1) is 0 Å². The molecule has 36 heavy (non-hydrogen) atoms. The Morgan fingerprint density at radius 3 is 2.36 bits per heavy atom. The topological polar surface area (TPSA) is 66.8 Å². The van der Waals surface area contributed by atoms with E-state index in [1.165, 1.54) is 18.4 Å². The van der Waals surface area contributed by atoms with Gasteiger partial charge in [0.15, 0.2) is 17.3 Å². The summed E-state index contributed by atoms with van der Waals surface area (Å²) in [6.45, 7) is 2.72. The minimum atomic E-state index is 0.0914. The summed E-state index contributed by atoms with van der Waals surface area (Å²) < 4.78 is 5.76. The summed E-state index contributed by atoms with van der Waals surface area (Å²) in [6, 6.07) is 22.9. The highest BCUT2D eigenvalue weighted by Gasteiger charge is 2.07. The zero-order chi connectivity index (χ0) is 25.6. The standard InChI is InChI=1S/C32H38O4/c1-25(12-13-26-9-5-3-6-10-26)8-4-2-7-11-29(33)20-16-28-17-21-31(35)32(24-28)36-23-22-27-14-18-30(34)19-15-27/h3,5-7,9-11,14-15,17-19,21,24-25,34-35H,2,4,8,12-13,16,20,22-23H2,1H3/b11-7+/t25-/m1/s1. The predicted octanol–water partition coefficient (Wildman–Crippen LogP) is 7.22. The van der Waals surface area contributed by atoms with Gasteiger partial charge in [0.2, 0.25) is 0 Å². The van der Waals surface area contributed by atoms with Crippen molar-refractivity contribution in [2.45, 2.75) is 58.3 Å². The van der Waals surface area contributed by atoms with Crippen molar-refractivity contribution in [1.82, 2.24) is 0 Å². The van der Waals surface area contributed by atoms with Crippen molar-refractivity contribution in [3.8, 4) is 17.2 Å². The van der Waals surface area contributed by atoms with E-state index in [0.29, 0.717) is 37.5 Å². The van der Waals surface area contributed by atoms with Crippen molar-refractivity contribution in [2.75, 3.05) is 6.61 Å². The Kier molecular flexibility index (Phi) is 11.1. The van der Waals surface area contributed by atoms with Crippen molar-refractivity contribution < 1.29 is 19.7 Å². The zero-order valence-corrected chi connectivity index (χ0v) is 21.2.